The molecule has 5 nitrogen and oxygen atoms in total. The normalized spacial score (nSPS) is 32.2. The topological polar surface area (TPSA) is 66.5 Å². The van der Waals surface area contributed by atoms with Crippen LogP contribution in [0.5, 0.6) is 0 Å². The highest BCUT2D eigenvalue weighted by Crippen LogP contribution is 2.55. The van der Waals surface area contributed by atoms with Crippen molar-refractivity contribution < 1.29 is 13.2 Å². The van der Waals surface area contributed by atoms with Crippen LogP contribution in [-0.2, 0) is 14.8 Å². The summed E-state index contributed by atoms with van der Waals surface area (Å²) in [5.74, 6) is 2.01. The maximum atomic E-state index is 13.3. The molecule has 28 heavy (non-hydrogen) atoms. The Kier molecular flexibility index (Phi) is 4.76. The number of aryl methyl sites for hydroxylation is 2. The molecule has 6 heteroatoms. The van der Waals surface area contributed by atoms with Crippen molar-refractivity contribution in [2.24, 2.45) is 17.8 Å². The number of carbonyl (C=O) groups is 1. The summed E-state index contributed by atoms with van der Waals surface area (Å²) >= 11 is 0. The third-order valence-corrected chi connectivity index (χ3v) is 8.34. The molecule has 1 atom stereocenters. The van der Waals surface area contributed by atoms with Crippen molar-refractivity contribution in [1.82, 2.24) is 5.32 Å². The van der Waals surface area contributed by atoms with Crippen molar-refractivity contribution in [2.45, 2.75) is 70.9 Å². The van der Waals surface area contributed by atoms with E-state index < -0.39 is 16.1 Å². The van der Waals surface area contributed by atoms with Crippen LogP contribution in [0.4, 0.5) is 5.69 Å². The summed E-state index contributed by atoms with van der Waals surface area (Å²) in [5.41, 5.74) is 2.30. The van der Waals surface area contributed by atoms with Crippen molar-refractivity contribution >= 4 is 21.6 Å². The zero-order chi connectivity index (χ0) is 20.3. The lowest BCUT2D eigenvalue weighted by molar-refractivity contribution is -0.127. The molecule has 0 spiro atoms. The molecule has 0 aliphatic heterocycles. The van der Waals surface area contributed by atoms with E-state index >= 15 is 0 Å². The fraction of sp³-hybridized carbons (Fsp3) is 0.682. The van der Waals surface area contributed by atoms with Gasteiger partial charge in [-0.3, -0.25) is 9.10 Å². The average Bonchev–Trinajstić information content (AvgIpc) is 2.55. The van der Waals surface area contributed by atoms with Gasteiger partial charge in [-0.15, -0.1) is 0 Å². The summed E-state index contributed by atoms with van der Waals surface area (Å²) in [7, 11) is -3.60. The van der Waals surface area contributed by atoms with E-state index in [9.17, 15) is 13.2 Å². The summed E-state index contributed by atoms with van der Waals surface area (Å²) in [6.07, 6.45) is 8.27. The van der Waals surface area contributed by atoms with Crippen molar-refractivity contribution in [3.05, 3.63) is 29.3 Å². The Hall–Kier alpha value is -1.56. The van der Waals surface area contributed by atoms with Gasteiger partial charge in [-0.1, -0.05) is 12.1 Å². The predicted octanol–water partition coefficient (Wildman–Crippen LogP) is 3.54. The van der Waals surface area contributed by atoms with E-state index in [0.29, 0.717) is 5.69 Å². The van der Waals surface area contributed by atoms with Gasteiger partial charge in [-0.05, 0) is 94.2 Å². The minimum atomic E-state index is -3.60. The number of hydrogen-bond acceptors (Lipinski definition) is 3. The van der Waals surface area contributed by atoms with Crippen LogP contribution in [-0.4, -0.2) is 32.2 Å². The smallest absolute Gasteiger partial charge is 0.244 e. The molecule has 0 saturated heterocycles. The number of hydrogen-bond donors (Lipinski definition) is 1. The first-order valence-corrected chi connectivity index (χ1v) is 12.3. The van der Waals surface area contributed by atoms with Gasteiger partial charge >= 0.3 is 0 Å². The largest absolute Gasteiger partial charge is 0.349 e. The van der Waals surface area contributed by atoms with Crippen LogP contribution in [0.25, 0.3) is 0 Å². The number of nitrogens with one attached hydrogen (secondary N) is 1. The van der Waals surface area contributed by atoms with E-state index in [1.807, 2.05) is 32.0 Å². The number of benzene rings is 1. The van der Waals surface area contributed by atoms with Crippen LogP contribution in [0.1, 0.15) is 56.6 Å². The molecule has 1 aromatic rings. The molecular formula is C22H32N2O3S. The van der Waals surface area contributed by atoms with Gasteiger partial charge in [-0.2, -0.15) is 0 Å². The number of carbonyl (C=O) groups excluding carboxylic acids is 1. The zero-order valence-corrected chi connectivity index (χ0v) is 18.2. The van der Waals surface area contributed by atoms with Gasteiger partial charge < -0.3 is 5.32 Å². The Balaban J connectivity index is 1.60. The number of amides is 1. The van der Waals surface area contributed by atoms with E-state index in [0.717, 1.165) is 48.1 Å². The van der Waals surface area contributed by atoms with Crippen LogP contribution >= 0.6 is 0 Å². The standard InChI is InChI=1S/C22H32N2O3S/c1-14-5-6-15(2)20(7-14)24(28(4,26)27)16(3)21(25)23-22-11-17-8-18(12-22)10-19(9-17)13-22/h5-7,16-19H,8-13H2,1-4H3,(H,23,25)/t16-,17?,18?,19?,22?/m0/s1. The van der Waals surface area contributed by atoms with Crippen LogP contribution in [0.3, 0.4) is 0 Å². The molecule has 0 aromatic heterocycles. The van der Waals surface area contributed by atoms with Gasteiger partial charge in [0.2, 0.25) is 15.9 Å². The number of sulfonamides is 1. The summed E-state index contributed by atoms with van der Waals surface area (Å²) in [5, 5.41) is 3.34. The highest BCUT2D eigenvalue weighted by atomic mass is 32.2. The predicted molar refractivity (Wildman–Crippen MR) is 112 cm³/mol. The summed E-state index contributed by atoms with van der Waals surface area (Å²) in [6.45, 7) is 5.53. The molecule has 1 N–H and O–H groups in total. The van der Waals surface area contributed by atoms with Crippen LogP contribution in [0, 0.1) is 31.6 Å². The molecule has 0 heterocycles. The molecule has 4 saturated carbocycles. The first-order valence-electron chi connectivity index (χ1n) is 10.4. The lowest BCUT2D eigenvalue weighted by Gasteiger charge is -2.57. The van der Waals surface area contributed by atoms with Gasteiger partial charge in [0, 0.05) is 5.54 Å². The average molecular weight is 405 g/mol. The van der Waals surface area contributed by atoms with Gasteiger partial charge in [-0.25, -0.2) is 8.42 Å². The molecule has 154 valence electrons. The van der Waals surface area contributed by atoms with Gasteiger partial charge in [0.05, 0.1) is 11.9 Å². The maximum Gasteiger partial charge on any atom is 0.244 e. The monoisotopic (exact) mass is 404 g/mol. The molecule has 1 aromatic carbocycles. The minimum absolute atomic E-state index is 0.120. The van der Waals surface area contributed by atoms with Crippen LogP contribution in [0.2, 0.25) is 0 Å². The van der Waals surface area contributed by atoms with Crippen molar-refractivity contribution in [3.63, 3.8) is 0 Å². The SMILES string of the molecule is Cc1ccc(C)c(N([C@@H](C)C(=O)NC23CC4CC(CC(C4)C2)C3)S(C)(=O)=O)c1. The molecule has 4 bridgehead atoms. The van der Waals surface area contributed by atoms with Crippen LogP contribution < -0.4 is 9.62 Å². The molecule has 0 radical (unpaired) electrons. The number of nitrogens with zero attached hydrogens (tertiary/aromatic N) is 1. The lowest BCUT2D eigenvalue weighted by atomic mass is 9.53. The molecule has 4 fully saturated rings. The minimum Gasteiger partial charge on any atom is -0.349 e. The summed E-state index contributed by atoms with van der Waals surface area (Å²) < 4.78 is 26.6. The molecular weight excluding hydrogens is 372 g/mol. The van der Waals surface area contributed by atoms with E-state index in [2.05, 4.69) is 5.32 Å². The lowest BCUT2D eigenvalue weighted by Crippen LogP contribution is -2.62. The Morgan fingerprint density at radius 2 is 1.64 bits per heavy atom. The second-order valence-electron chi connectivity index (χ2n) is 9.71. The van der Waals surface area contributed by atoms with E-state index in [1.165, 1.54) is 29.8 Å². The Morgan fingerprint density at radius 1 is 1.11 bits per heavy atom. The fourth-order valence-corrected chi connectivity index (χ4v) is 7.59. The number of anilines is 1. The van der Waals surface area contributed by atoms with E-state index in [4.69, 9.17) is 0 Å². The Morgan fingerprint density at radius 3 is 2.14 bits per heavy atom. The molecule has 1 amide bonds. The Labute approximate surface area is 168 Å². The highest BCUT2D eigenvalue weighted by Gasteiger charge is 2.52. The second-order valence-corrected chi connectivity index (χ2v) is 11.6. The van der Waals surface area contributed by atoms with E-state index in [-0.39, 0.29) is 11.4 Å². The first kappa shape index (κ1) is 19.7. The highest BCUT2D eigenvalue weighted by molar-refractivity contribution is 7.92. The second kappa shape index (κ2) is 6.75. The van der Waals surface area contributed by atoms with Gasteiger partial charge in [0.1, 0.15) is 6.04 Å². The van der Waals surface area contributed by atoms with Crippen LogP contribution in [0.15, 0.2) is 18.2 Å². The first-order chi connectivity index (χ1) is 13.1. The maximum absolute atomic E-state index is 13.3. The quantitative estimate of drug-likeness (QED) is 0.816. The van der Waals surface area contributed by atoms with Gasteiger partial charge in [0.25, 0.3) is 0 Å². The van der Waals surface area contributed by atoms with Crippen molar-refractivity contribution in [1.29, 1.82) is 0 Å². The Bertz CT molecular complexity index is 858. The zero-order valence-electron chi connectivity index (χ0n) is 17.4. The molecule has 5 rings (SSSR count). The third-order valence-electron chi connectivity index (χ3n) is 7.12. The van der Waals surface area contributed by atoms with Crippen molar-refractivity contribution in [3.8, 4) is 0 Å². The van der Waals surface area contributed by atoms with Crippen molar-refractivity contribution in [2.75, 3.05) is 10.6 Å². The van der Waals surface area contributed by atoms with E-state index in [1.54, 1.807) is 6.92 Å². The molecule has 4 aliphatic rings. The molecule has 4 aliphatic carbocycles. The summed E-state index contributed by atoms with van der Waals surface area (Å²) in [4.78, 5) is 13.3. The third kappa shape index (κ3) is 3.56. The fourth-order valence-electron chi connectivity index (χ4n) is 6.37. The number of rotatable bonds is 5. The summed E-state index contributed by atoms with van der Waals surface area (Å²) in [6, 6.07) is 4.94. The van der Waals surface area contributed by atoms with Gasteiger partial charge in [0.15, 0.2) is 0 Å². The molecule has 0 unspecified atom stereocenters.